The van der Waals surface area contributed by atoms with Gasteiger partial charge in [-0.3, -0.25) is 4.79 Å². The lowest BCUT2D eigenvalue weighted by atomic mass is 10.1. The van der Waals surface area contributed by atoms with Crippen molar-refractivity contribution in [2.24, 2.45) is 0 Å². The molecular formula is C18H12ClNO3S. The Kier molecular flexibility index (Phi) is 3.75. The van der Waals surface area contributed by atoms with Crippen LogP contribution in [0.4, 0.5) is 0 Å². The topological polar surface area (TPSA) is 48.4 Å². The predicted molar refractivity (Wildman–Crippen MR) is 93.8 cm³/mol. The van der Waals surface area contributed by atoms with Crippen LogP contribution in [0.2, 0.25) is 5.02 Å². The summed E-state index contributed by atoms with van der Waals surface area (Å²) in [4.78, 5) is 17.2. The number of carbonyl (C=O) groups is 1. The number of esters is 1. The standard InChI is InChI=1S/C18H12ClNO3S/c1-22-16(21)9-15-20-17-12-8-10(19)6-7-14(12)23-13-5-3-2-4-11(13)18(17)24-15/h2-8H,9H2,1H3. The molecule has 2 aromatic carbocycles. The minimum absolute atomic E-state index is 0.146. The van der Waals surface area contributed by atoms with E-state index in [1.807, 2.05) is 36.4 Å². The van der Waals surface area contributed by atoms with Crippen molar-refractivity contribution in [3.05, 3.63) is 52.5 Å². The number of ether oxygens (including phenoxy) is 2. The van der Waals surface area contributed by atoms with Crippen molar-refractivity contribution in [2.45, 2.75) is 6.42 Å². The largest absolute Gasteiger partial charge is 0.469 e. The Morgan fingerprint density at radius 2 is 2.00 bits per heavy atom. The van der Waals surface area contributed by atoms with Crippen LogP contribution in [0.3, 0.4) is 0 Å². The van der Waals surface area contributed by atoms with E-state index in [-0.39, 0.29) is 12.4 Å². The van der Waals surface area contributed by atoms with E-state index in [0.29, 0.717) is 15.8 Å². The Balaban J connectivity index is 1.95. The van der Waals surface area contributed by atoms with Gasteiger partial charge in [0, 0.05) is 16.1 Å². The molecule has 1 aliphatic rings. The fourth-order valence-corrected chi connectivity index (χ4v) is 3.90. The first kappa shape index (κ1) is 15.2. The molecule has 0 amide bonds. The van der Waals surface area contributed by atoms with Crippen molar-refractivity contribution in [2.75, 3.05) is 7.11 Å². The predicted octanol–water partition coefficient (Wildman–Crippen LogP) is 4.95. The average Bonchev–Trinajstić information content (AvgIpc) is 2.95. The molecule has 0 radical (unpaired) electrons. The van der Waals surface area contributed by atoms with Gasteiger partial charge in [-0.1, -0.05) is 23.7 Å². The van der Waals surface area contributed by atoms with Gasteiger partial charge in [-0.2, -0.15) is 0 Å². The van der Waals surface area contributed by atoms with Crippen molar-refractivity contribution in [3.63, 3.8) is 0 Å². The summed E-state index contributed by atoms with van der Waals surface area (Å²) in [6.45, 7) is 0. The molecular weight excluding hydrogens is 346 g/mol. The molecule has 0 saturated carbocycles. The van der Waals surface area contributed by atoms with Gasteiger partial charge in [0.05, 0.1) is 24.1 Å². The molecule has 6 heteroatoms. The zero-order valence-electron chi connectivity index (χ0n) is 12.7. The molecule has 4 nitrogen and oxygen atoms in total. The summed E-state index contributed by atoms with van der Waals surface area (Å²) in [6, 6.07) is 13.2. The molecule has 0 fully saturated rings. The first-order valence-electron chi connectivity index (χ1n) is 7.29. The summed E-state index contributed by atoms with van der Waals surface area (Å²) in [7, 11) is 1.37. The summed E-state index contributed by atoms with van der Waals surface area (Å²) in [6.07, 6.45) is 0.146. The molecule has 0 saturated heterocycles. The van der Waals surface area contributed by atoms with Crippen molar-refractivity contribution < 1.29 is 14.3 Å². The van der Waals surface area contributed by atoms with Gasteiger partial charge in [0.1, 0.15) is 16.5 Å². The Bertz CT molecular complexity index is 951. The number of fused-ring (bicyclic) bond motifs is 5. The van der Waals surface area contributed by atoms with Crippen LogP contribution in [0.1, 0.15) is 5.01 Å². The minimum Gasteiger partial charge on any atom is -0.469 e. The molecule has 120 valence electrons. The lowest BCUT2D eigenvalue weighted by molar-refractivity contribution is -0.139. The number of nitrogens with zero attached hydrogens (tertiary/aromatic N) is 1. The lowest BCUT2D eigenvalue weighted by Crippen LogP contribution is -2.03. The second-order valence-corrected chi connectivity index (χ2v) is 6.80. The summed E-state index contributed by atoms with van der Waals surface area (Å²) in [5.74, 6) is 1.14. The average molecular weight is 358 g/mol. The quantitative estimate of drug-likeness (QED) is 0.476. The number of rotatable bonds is 2. The molecule has 1 aromatic heterocycles. The number of carbonyl (C=O) groups excluding carboxylic acids is 1. The summed E-state index contributed by atoms with van der Waals surface area (Å²) in [5.41, 5.74) is 2.55. The van der Waals surface area contributed by atoms with Crippen LogP contribution >= 0.6 is 22.9 Å². The van der Waals surface area contributed by atoms with Crippen LogP contribution in [0.25, 0.3) is 21.7 Å². The van der Waals surface area contributed by atoms with E-state index in [2.05, 4.69) is 4.98 Å². The van der Waals surface area contributed by atoms with Crippen molar-refractivity contribution in [3.8, 4) is 33.2 Å². The number of hydrogen-bond donors (Lipinski definition) is 0. The molecule has 4 rings (SSSR count). The fourth-order valence-electron chi connectivity index (χ4n) is 2.64. The van der Waals surface area contributed by atoms with Gasteiger partial charge in [0.25, 0.3) is 0 Å². The number of para-hydroxylation sites is 1. The van der Waals surface area contributed by atoms with Crippen LogP contribution < -0.4 is 4.74 Å². The third-order valence-electron chi connectivity index (χ3n) is 3.74. The maximum absolute atomic E-state index is 11.6. The van der Waals surface area contributed by atoms with Crippen LogP contribution in [0.5, 0.6) is 11.5 Å². The van der Waals surface area contributed by atoms with Gasteiger partial charge >= 0.3 is 5.97 Å². The van der Waals surface area contributed by atoms with Gasteiger partial charge in [-0.25, -0.2) is 4.98 Å². The Labute approximate surface area is 147 Å². The first-order chi connectivity index (χ1) is 11.7. The molecule has 0 spiro atoms. The molecule has 0 atom stereocenters. The highest BCUT2D eigenvalue weighted by Crippen LogP contribution is 2.49. The normalized spacial score (nSPS) is 11.6. The summed E-state index contributed by atoms with van der Waals surface area (Å²) in [5, 5.41) is 1.31. The lowest BCUT2D eigenvalue weighted by Gasteiger charge is -2.08. The Morgan fingerprint density at radius 3 is 2.83 bits per heavy atom. The first-order valence-corrected chi connectivity index (χ1v) is 8.49. The number of methoxy groups -OCH3 is 1. The zero-order valence-corrected chi connectivity index (χ0v) is 14.3. The minimum atomic E-state index is -0.310. The number of benzene rings is 2. The van der Waals surface area contributed by atoms with Gasteiger partial charge in [-0.15, -0.1) is 11.3 Å². The second-order valence-electron chi connectivity index (χ2n) is 5.28. The van der Waals surface area contributed by atoms with Gasteiger partial charge in [-0.05, 0) is 30.3 Å². The van der Waals surface area contributed by atoms with Gasteiger partial charge in [0.15, 0.2) is 0 Å². The highest BCUT2D eigenvalue weighted by Gasteiger charge is 2.25. The number of aromatic nitrogens is 1. The summed E-state index contributed by atoms with van der Waals surface area (Å²) >= 11 is 7.64. The molecule has 0 aliphatic carbocycles. The molecule has 0 unspecified atom stereocenters. The second kappa shape index (κ2) is 5.92. The maximum Gasteiger partial charge on any atom is 0.312 e. The highest BCUT2D eigenvalue weighted by molar-refractivity contribution is 7.15. The van der Waals surface area contributed by atoms with Gasteiger partial charge in [0.2, 0.25) is 0 Å². The molecule has 2 heterocycles. The number of thiazole rings is 1. The van der Waals surface area contributed by atoms with E-state index in [1.165, 1.54) is 18.4 Å². The van der Waals surface area contributed by atoms with E-state index >= 15 is 0 Å². The van der Waals surface area contributed by atoms with Gasteiger partial charge < -0.3 is 9.47 Å². The SMILES string of the molecule is COC(=O)Cc1nc2c(s1)-c1ccccc1Oc1ccc(Cl)cc1-2. The molecule has 1 aliphatic heterocycles. The van der Waals surface area contributed by atoms with Crippen molar-refractivity contribution in [1.82, 2.24) is 4.98 Å². The van der Waals surface area contributed by atoms with E-state index in [0.717, 1.165) is 27.4 Å². The highest BCUT2D eigenvalue weighted by atomic mass is 35.5. The van der Waals surface area contributed by atoms with Crippen molar-refractivity contribution in [1.29, 1.82) is 0 Å². The van der Waals surface area contributed by atoms with Crippen LogP contribution in [-0.4, -0.2) is 18.1 Å². The Morgan fingerprint density at radius 1 is 1.21 bits per heavy atom. The van der Waals surface area contributed by atoms with Crippen LogP contribution in [-0.2, 0) is 16.0 Å². The monoisotopic (exact) mass is 357 g/mol. The Hall–Kier alpha value is -2.37. The smallest absolute Gasteiger partial charge is 0.312 e. The third kappa shape index (κ3) is 2.56. The molecule has 3 aromatic rings. The summed E-state index contributed by atoms with van der Waals surface area (Å²) < 4.78 is 10.8. The molecule has 0 bridgehead atoms. The van der Waals surface area contributed by atoms with Crippen molar-refractivity contribution >= 4 is 28.9 Å². The zero-order chi connectivity index (χ0) is 16.7. The van der Waals surface area contributed by atoms with E-state index in [4.69, 9.17) is 21.1 Å². The fraction of sp³-hybridized carbons (Fsp3) is 0.111. The number of hydrogen-bond acceptors (Lipinski definition) is 5. The van der Waals surface area contributed by atoms with Crippen LogP contribution in [0, 0.1) is 0 Å². The molecule has 24 heavy (non-hydrogen) atoms. The van der Waals surface area contributed by atoms with Crippen LogP contribution in [0.15, 0.2) is 42.5 Å². The third-order valence-corrected chi connectivity index (χ3v) is 5.07. The number of halogens is 1. The van der Waals surface area contributed by atoms with E-state index in [9.17, 15) is 4.79 Å². The molecule has 0 N–H and O–H groups in total. The maximum atomic E-state index is 11.6. The van der Waals surface area contributed by atoms with E-state index < -0.39 is 0 Å². The van der Waals surface area contributed by atoms with E-state index in [1.54, 1.807) is 6.07 Å².